The van der Waals surface area contributed by atoms with E-state index in [4.69, 9.17) is 4.74 Å². The van der Waals surface area contributed by atoms with E-state index in [0.717, 1.165) is 29.8 Å². The maximum absolute atomic E-state index is 12.3. The van der Waals surface area contributed by atoms with Crippen LogP contribution in [0.3, 0.4) is 0 Å². The summed E-state index contributed by atoms with van der Waals surface area (Å²) in [5.74, 6) is 0.148. The Morgan fingerprint density at radius 3 is 2.55 bits per heavy atom. The summed E-state index contributed by atoms with van der Waals surface area (Å²) in [7, 11) is -0.462. The number of hydrogen-bond acceptors (Lipinski definition) is 4. The minimum Gasteiger partial charge on any atom is -0.496 e. The lowest BCUT2D eigenvalue weighted by molar-refractivity contribution is 0.0950. The monoisotopic (exact) mass is 328 g/mol. The summed E-state index contributed by atoms with van der Waals surface area (Å²) in [4.78, 5) is 12.3. The predicted octanol–water partition coefficient (Wildman–Crippen LogP) is 2.01. The van der Waals surface area contributed by atoms with Gasteiger partial charge in [-0.3, -0.25) is 9.10 Å². The molecule has 1 N–H and O–H groups in total. The van der Waals surface area contributed by atoms with E-state index in [1.54, 1.807) is 12.1 Å². The van der Waals surface area contributed by atoms with Crippen molar-refractivity contribution in [1.29, 1.82) is 0 Å². The summed E-state index contributed by atoms with van der Waals surface area (Å²) in [6, 6.07) is 4.72. The predicted molar refractivity (Wildman–Crippen MR) is 88.1 cm³/mol. The van der Waals surface area contributed by atoms with Gasteiger partial charge >= 0.3 is 0 Å². The molecule has 1 aromatic rings. The third kappa shape index (κ3) is 4.91. The average Bonchev–Trinajstić information content (AvgIpc) is 2.49. The zero-order valence-corrected chi connectivity index (χ0v) is 14.4. The maximum Gasteiger partial charge on any atom is 0.255 e. The van der Waals surface area contributed by atoms with Gasteiger partial charge in [-0.25, -0.2) is 8.42 Å². The van der Waals surface area contributed by atoms with Gasteiger partial charge in [-0.05, 0) is 24.6 Å². The summed E-state index contributed by atoms with van der Waals surface area (Å²) in [6.45, 7) is 2.68. The molecule has 124 valence electrons. The molecule has 1 rings (SSSR count). The van der Waals surface area contributed by atoms with Crippen molar-refractivity contribution >= 4 is 21.6 Å². The number of sulfonamides is 1. The third-order valence-electron chi connectivity index (χ3n) is 3.35. The topological polar surface area (TPSA) is 75.7 Å². The van der Waals surface area contributed by atoms with Gasteiger partial charge in [0.2, 0.25) is 10.0 Å². The van der Waals surface area contributed by atoms with Crippen LogP contribution < -0.4 is 14.4 Å². The average molecular weight is 328 g/mol. The number of unbranched alkanes of at least 4 members (excludes halogenated alkanes) is 2. The van der Waals surface area contributed by atoms with Gasteiger partial charge in [0.1, 0.15) is 5.75 Å². The molecule has 0 spiro atoms. The quantitative estimate of drug-likeness (QED) is 0.741. The highest BCUT2D eigenvalue weighted by atomic mass is 32.2. The SMILES string of the molecule is CCCCCNC(=O)c1cc(N(C)S(C)(=O)=O)ccc1OC. The first-order valence-corrected chi connectivity index (χ1v) is 9.06. The summed E-state index contributed by atoms with van der Waals surface area (Å²) in [5.41, 5.74) is 0.744. The molecule has 0 aromatic heterocycles. The number of anilines is 1. The number of nitrogens with zero attached hydrogens (tertiary/aromatic N) is 1. The first-order chi connectivity index (χ1) is 10.3. The van der Waals surface area contributed by atoms with E-state index in [9.17, 15) is 13.2 Å². The molecule has 0 aliphatic rings. The van der Waals surface area contributed by atoms with E-state index < -0.39 is 10.0 Å². The number of carbonyl (C=O) groups excluding carboxylic acids is 1. The Morgan fingerprint density at radius 1 is 1.32 bits per heavy atom. The zero-order chi connectivity index (χ0) is 16.8. The molecule has 0 aliphatic heterocycles. The molecule has 1 aromatic carbocycles. The molecular formula is C15H24N2O4S. The van der Waals surface area contributed by atoms with Gasteiger partial charge in [-0.1, -0.05) is 19.8 Å². The molecule has 22 heavy (non-hydrogen) atoms. The van der Waals surface area contributed by atoms with E-state index in [1.807, 2.05) is 0 Å². The summed E-state index contributed by atoms with van der Waals surface area (Å²) in [6.07, 6.45) is 4.15. The molecule has 0 bridgehead atoms. The van der Waals surface area contributed by atoms with Crippen molar-refractivity contribution in [1.82, 2.24) is 5.32 Å². The lowest BCUT2D eigenvalue weighted by atomic mass is 10.1. The number of methoxy groups -OCH3 is 1. The fourth-order valence-corrected chi connectivity index (χ4v) is 2.43. The smallest absolute Gasteiger partial charge is 0.255 e. The number of ether oxygens (including phenoxy) is 1. The molecule has 0 unspecified atom stereocenters. The summed E-state index contributed by atoms with van der Waals surface area (Å²) >= 11 is 0. The Morgan fingerprint density at radius 2 is 2.00 bits per heavy atom. The van der Waals surface area contributed by atoms with Crippen LogP contribution in [0, 0.1) is 0 Å². The Bertz CT molecular complexity index is 614. The fourth-order valence-electron chi connectivity index (χ4n) is 1.93. The highest BCUT2D eigenvalue weighted by Crippen LogP contribution is 2.25. The van der Waals surface area contributed by atoms with E-state index in [-0.39, 0.29) is 5.91 Å². The Kier molecular flexibility index (Phi) is 6.67. The van der Waals surface area contributed by atoms with Gasteiger partial charge in [0.25, 0.3) is 5.91 Å². The van der Waals surface area contributed by atoms with Crippen LogP contribution in [-0.4, -0.2) is 41.3 Å². The van der Waals surface area contributed by atoms with Crippen molar-refractivity contribution < 1.29 is 17.9 Å². The van der Waals surface area contributed by atoms with E-state index in [0.29, 0.717) is 23.5 Å². The van der Waals surface area contributed by atoms with Crippen molar-refractivity contribution in [2.45, 2.75) is 26.2 Å². The van der Waals surface area contributed by atoms with Gasteiger partial charge in [-0.15, -0.1) is 0 Å². The Labute approximate surface area is 132 Å². The van der Waals surface area contributed by atoms with Crippen molar-refractivity contribution in [2.24, 2.45) is 0 Å². The van der Waals surface area contributed by atoms with Crippen LogP contribution >= 0.6 is 0 Å². The largest absolute Gasteiger partial charge is 0.496 e. The number of hydrogen-bond donors (Lipinski definition) is 1. The maximum atomic E-state index is 12.3. The second kappa shape index (κ2) is 8.03. The van der Waals surface area contributed by atoms with Crippen LogP contribution in [0.2, 0.25) is 0 Å². The van der Waals surface area contributed by atoms with Crippen LogP contribution in [-0.2, 0) is 10.0 Å². The molecule has 0 atom stereocenters. The Balaban J connectivity index is 2.98. The summed E-state index contributed by atoms with van der Waals surface area (Å²) < 4.78 is 29.5. The van der Waals surface area contributed by atoms with Gasteiger partial charge in [0.05, 0.1) is 24.6 Å². The minimum absolute atomic E-state index is 0.267. The molecule has 1 amide bonds. The molecule has 0 saturated carbocycles. The highest BCUT2D eigenvalue weighted by molar-refractivity contribution is 7.92. The standard InChI is InChI=1S/C15H24N2O4S/c1-5-6-7-10-16-15(18)13-11-12(8-9-14(13)21-3)17(2)22(4,19)20/h8-9,11H,5-7,10H2,1-4H3,(H,16,18). The highest BCUT2D eigenvalue weighted by Gasteiger charge is 2.17. The van der Waals surface area contributed by atoms with Gasteiger partial charge < -0.3 is 10.1 Å². The molecule has 0 fully saturated rings. The van der Waals surface area contributed by atoms with Crippen molar-refractivity contribution in [3.63, 3.8) is 0 Å². The van der Waals surface area contributed by atoms with Crippen LogP contribution in [0.25, 0.3) is 0 Å². The second-order valence-corrected chi connectivity index (χ2v) is 7.09. The molecule has 7 heteroatoms. The number of amides is 1. The second-order valence-electron chi connectivity index (χ2n) is 5.08. The van der Waals surface area contributed by atoms with Crippen molar-refractivity contribution in [3.05, 3.63) is 23.8 Å². The third-order valence-corrected chi connectivity index (χ3v) is 4.56. The fraction of sp³-hybridized carbons (Fsp3) is 0.533. The van der Waals surface area contributed by atoms with Gasteiger partial charge in [0, 0.05) is 13.6 Å². The molecule has 6 nitrogen and oxygen atoms in total. The van der Waals surface area contributed by atoms with Crippen LogP contribution in [0.1, 0.15) is 36.5 Å². The molecule has 0 aliphatic carbocycles. The Hall–Kier alpha value is -1.76. The first kappa shape index (κ1) is 18.3. The molecule has 0 saturated heterocycles. The number of rotatable bonds is 8. The van der Waals surface area contributed by atoms with Crippen LogP contribution in [0.15, 0.2) is 18.2 Å². The summed E-state index contributed by atoms with van der Waals surface area (Å²) in [5, 5.41) is 2.83. The first-order valence-electron chi connectivity index (χ1n) is 7.21. The van der Waals surface area contributed by atoms with Crippen molar-refractivity contribution in [3.8, 4) is 5.75 Å². The van der Waals surface area contributed by atoms with Crippen LogP contribution in [0.5, 0.6) is 5.75 Å². The molecule has 0 heterocycles. The van der Waals surface area contributed by atoms with Crippen LogP contribution in [0.4, 0.5) is 5.69 Å². The van der Waals surface area contributed by atoms with Gasteiger partial charge in [0.15, 0.2) is 0 Å². The molecule has 0 radical (unpaired) electrons. The van der Waals surface area contributed by atoms with Gasteiger partial charge in [-0.2, -0.15) is 0 Å². The lowest BCUT2D eigenvalue weighted by Gasteiger charge is -2.18. The number of benzene rings is 1. The van der Waals surface area contributed by atoms with E-state index in [2.05, 4.69) is 12.2 Å². The normalized spacial score (nSPS) is 11.1. The zero-order valence-electron chi connectivity index (χ0n) is 13.5. The minimum atomic E-state index is -3.38. The number of nitrogens with one attached hydrogen (secondary N) is 1. The number of carbonyl (C=O) groups is 1. The molecular weight excluding hydrogens is 304 g/mol. The van der Waals surface area contributed by atoms with Crippen molar-refractivity contribution in [2.75, 3.05) is 31.3 Å². The lowest BCUT2D eigenvalue weighted by Crippen LogP contribution is -2.27. The van der Waals surface area contributed by atoms with E-state index in [1.165, 1.54) is 20.2 Å². The van der Waals surface area contributed by atoms with E-state index >= 15 is 0 Å².